The fourth-order valence-electron chi connectivity index (χ4n) is 3.63. The van der Waals surface area contributed by atoms with Gasteiger partial charge in [-0.05, 0) is 45.2 Å². The Morgan fingerprint density at radius 1 is 1.40 bits per heavy atom. The molecule has 3 unspecified atom stereocenters. The third-order valence-electron chi connectivity index (χ3n) is 5.64. The third-order valence-corrected chi connectivity index (χ3v) is 5.64. The number of hydrogen-bond acceptors (Lipinski definition) is 3. The second kappa shape index (κ2) is 8.07. The summed E-state index contributed by atoms with van der Waals surface area (Å²) in [6.45, 7) is 12.9. The number of halogens is 1. The number of amides is 1. The number of nitrogens with one attached hydrogen (secondary N) is 1. The summed E-state index contributed by atoms with van der Waals surface area (Å²) in [6.07, 6.45) is 1.44. The molecular weight excluding hydrogens is 336 g/mol. The molecule has 3 atom stereocenters. The van der Waals surface area contributed by atoms with E-state index in [-0.39, 0.29) is 35.9 Å². The summed E-state index contributed by atoms with van der Waals surface area (Å²) in [5, 5.41) is 3.11. The van der Waals surface area contributed by atoms with E-state index in [0.717, 1.165) is 6.42 Å². The minimum absolute atomic E-state index is 0. The zero-order valence-corrected chi connectivity index (χ0v) is 17.1. The normalized spacial score (nSPS) is 25.5. The summed E-state index contributed by atoms with van der Waals surface area (Å²) < 4.78 is 5.71. The summed E-state index contributed by atoms with van der Waals surface area (Å²) in [5.74, 6) is -0.0688. The van der Waals surface area contributed by atoms with E-state index in [1.807, 2.05) is 27.7 Å². The molecule has 1 saturated carbocycles. The summed E-state index contributed by atoms with van der Waals surface area (Å²) in [4.78, 5) is 12.8. The predicted octanol–water partition coefficient (Wildman–Crippen LogP) is 3.30. The summed E-state index contributed by atoms with van der Waals surface area (Å²) >= 11 is 0. The number of carbonyl (C=O) groups excluding carboxylic acids is 1. The molecule has 0 saturated heterocycles. The molecule has 1 aromatic carbocycles. The smallest absolute Gasteiger partial charge is 0.241 e. The van der Waals surface area contributed by atoms with Crippen molar-refractivity contribution in [3.8, 4) is 0 Å². The van der Waals surface area contributed by atoms with Crippen molar-refractivity contribution in [1.29, 1.82) is 0 Å². The zero-order chi connectivity index (χ0) is 18.1. The van der Waals surface area contributed by atoms with Gasteiger partial charge < -0.3 is 15.8 Å². The Morgan fingerprint density at radius 3 is 2.56 bits per heavy atom. The Bertz CT molecular complexity index is 618. The van der Waals surface area contributed by atoms with Gasteiger partial charge in [0.2, 0.25) is 5.91 Å². The van der Waals surface area contributed by atoms with Gasteiger partial charge in [-0.1, -0.05) is 37.6 Å². The monoisotopic (exact) mass is 368 g/mol. The van der Waals surface area contributed by atoms with Crippen LogP contribution in [0, 0.1) is 19.3 Å². The minimum Gasteiger partial charge on any atom is -0.378 e. The molecule has 4 nitrogen and oxygen atoms in total. The lowest BCUT2D eigenvalue weighted by Gasteiger charge is -2.57. The summed E-state index contributed by atoms with van der Waals surface area (Å²) in [7, 11) is 0. The van der Waals surface area contributed by atoms with Crippen molar-refractivity contribution >= 4 is 18.3 Å². The number of rotatable bonds is 6. The van der Waals surface area contributed by atoms with Crippen molar-refractivity contribution in [2.24, 2.45) is 11.1 Å². The van der Waals surface area contributed by atoms with E-state index >= 15 is 0 Å². The molecule has 1 aromatic rings. The first-order chi connectivity index (χ1) is 11.1. The van der Waals surface area contributed by atoms with Crippen LogP contribution in [0.15, 0.2) is 18.2 Å². The average Bonchev–Trinajstić information content (AvgIpc) is 2.49. The van der Waals surface area contributed by atoms with Gasteiger partial charge in [-0.3, -0.25) is 4.79 Å². The van der Waals surface area contributed by atoms with Crippen LogP contribution in [0.3, 0.4) is 0 Å². The fraction of sp³-hybridized carbons (Fsp3) is 0.650. The Kier molecular flexibility index (Phi) is 7.08. The van der Waals surface area contributed by atoms with Crippen LogP contribution in [0.1, 0.15) is 50.8 Å². The van der Waals surface area contributed by atoms with Crippen molar-refractivity contribution in [2.75, 3.05) is 6.61 Å². The van der Waals surface area contributed by atoms with E-state index in [9.17, 15) is 4.79 Å². The highest BCUT2D eigenvalue weighted by Gasteiger charge is 2.62. The fourth-order valence-corrected chi connectivity index (χ4v) is 3.63. The van der Waals surface area contributed by atoms with E-state index in [1.165, 1.54) is 16.7 Å². The van der Waals surface area contributed by atoms with Gasteiger partial charge in [-0.25, -0.2) is 0 Å². The number of hydrogen-bond donors (Lipinski definition) is 2. The quantitative estimate of drug-likeness (QED) is 0.809. The molecule has 3 N–H and O–H groups in total. The van der Waals surface area contributed by atoms with Crippen molar-refractivity contribution in [3.05, 3.63) is 34.9 Å². The van der Waals surface area contributed by atoms with Crippen LogP contribution in [0.25, 0.3) is 0 Å². The maximum Gasteiger partial charge on any atom is 0.241 e. The highest BCUT2D eigenvalue weighted by atomic mass is 35.5. The lowest BCUT2D eigenvalue weighted by molar-refractivity contribution is -0.171. The number of ether oxygens (including phenoxy) is 1. The number of carbonyl (C=O) groups is 1. The SMILES string of the molecule is CCOC1CC(N)(C(=O)NC(C)Cc2ccc(C)cc2C)C1(C)C.Cl. The Hall–Kier alpha value is -1.10. The van der Waals surface area contributed by atoms with E-state index in [4.69, 9.17) is 10.5 Å². The first-order valence-electron chi connectivity index (χ1n) is 8.89. The molecule has 0 radical (unpaired) electrons. The van der Waals surface area contributed by atoms with Gasteiger partial charge in [0, 0.05) is 24.5 Å². The molecule has 1 aliphatic rings. The second-order valence-corrected chi connectivity index (χ2v) is 7.85. The molecule has 0 aromatic heterocycles. The summed E-state index contributed by atoms with van der Waals surface area (Å²) in [6, 6.07) is 6.48. The lowest BCUT2D eigenvalue weighted by atomic mass is 9.54. The Labute approximate surface area is 158 Å². The standard InChI is InChI=1S/C20H32N2O2.ClH/c1-7-24-17-12-20(21,19(17,5)6)18(23)22-15(4)11-16-9-8-13(2)10-14(16)3;/h8-10,15,17H,7,11-12,21H2,1-6H3,(H,22,23);1H. The van der Waals surface area contributed by atoms with Gasteiger partial charge in [0.05, 0.1) is 6.10 Å². The van der Waals surface area contributed by atoms with Crippen LogP contribution in [0.4, 0.5) is 0 Å². The molecule has 1 aliphatic carbocycles. The van der Waals surface area contributed by atoms with Gasteiger partial charge >= 0.3 is 0 Å². The Morgan fingerprint density at radius 2 is 2.04 bits per heavy atom. The molecule has 25 heavy (non-hydrogen) atoms. The van der Waals surface area contributed by atoms with Crippen LogP contribution in [0.5, 0.6) is 0 Å². The number of nitrogens with two attached hydrogens (primary N) is 1. The average molecular weight is 369 g/mol. The van der Waals surface area contributed by atoms with E-state index < -0.39 is 5.54 Å². The largest absolute Gasteiger partial charge is 0.378 e. The lowest BCUT2D eigenvalue weighted by Crippen LogP contribution is -2.76. The van der Waals surface area contributed by atoms with E-state index in [1.54, 1.807) is 0 Å². The third kappa shape index (κ3) is 4.18. The van der Waals surface area contributed by atoms with Gasteiger partial charge in [0.1, 0.15) is 5.54 Å². The van der Waals surface area contributed by atoms with Gasteiger partial charge in [0.25, 0.3) is 0 Å². The summed E-state index contributed by atoms with van der Waals surface area (Å²) in [5.41, 5.74) is 9.01. The topological polar surface area (TPSA) is 64.3 Å². The van der Waals surface area contributed by atoms with Crippen molar-refractivity contribution < 1.29 is 9.53 Å². The highest BCUT2D eigenvalue weighted by molar-refractivity contribution is 5.89. The van der Waals surface area contributed by atoms with Gasteiger partial charge in [-0.15, -0.1) is 12.4 Å². The highest BCUT2D eigenvalue weighted by Crippen LogP contribution is 2.49. The van der Waals surface area contributed by atoms with Crippen LogP contribution >= 0.6 is 12.4 Å². The predicted molar refractivity (Wildman–Crippen MR) is 105 cm³/mol. The van der Waals surface area contributed by atoms with E-state index in [2.05, 4.69) is 37.4 Å². The first-order valence-corrected chi connectivity index (χ1v) is 8.89. The molecule has 5 heteroatoms. The van der Waals surface area contributed by atoms with Crippen LogP contribution in [-0.4, -0.2) is 30.2 Å². The van der Waals surface area contributed by atoms with Crippen molar-refractivity contribution in [2.45, 2.75) is 72.1 Å². The molecule has 0 heterocycles. The van der Waals surface area contributed by atoms with Crippen molar-refractivity contribution in [3.63, 3.8) is 0 Å². The van der Waals surface area contributed by atoms with Crippen LogP contribution < -0.4 is 11.1 Å². The van der Waals surface area contributed by atoms with Crippen LogP contribution in [-0.2, 0) is 16.0 Å². The zero-order valence-electron chi connectivity index (χ0n) is 16.3. The molecule has 1 fully saturated rings. The molecular formula is C20H33ClN2O2. The molecule has 1 amide bonds. The molecule has 0 spiro atoms. The molecule has 0 aliphatic heterocycles. The van der Waals surface area contributed by atoms with E-state index in [0.29, 0.717) is 13.0 Å². The Balaban J connectivity index is 0.00000312. The number of benzene rings is 1. The van der Waals surface area contributed by atoms with Gasteiger partial charge in [0.15, 0.2) is 0 Å². The molecule has 2 rings (SSSR count). The van der Waals surface area contributed by atoms with Crippen molar-refractivity contribution in [1.82, 2.24) is 5.32 Å². The maximum atomic E-state index is 12.8. The van der Waals surface area contributed by atoms with Crippen LogP contribution in [0.2, 0.25) is 0 Å². The molecule has 142 valence electrons. The minimum atomic E-state index is -0.858. The van der Waals surface area contributed by atoms with Gasteiger partial charge in [-0.2, -0.15) is 0 Å². The second-order valence-electron chi connectivity index (χ2n) is 7.85. The molecule has 0 bridgehead atoms. The number of aryl methyl sites for hydroxylation is 2. The first kappa shape index (κ1) is 21.9. The maximum absolute atomic E-state index is 12.8.